The monoisotopic (exact) mass is 221 g/mol. The lowest BCUT2D eigenvalue weighted by Gasteiger charge is -2.12. The minimum Gasteiger partial charge on any atom is -0.496 e. The van der Waals surface area contributed by atoms with Gasteiger partial charge in [0, 0.05) is 12.0 Å². The lowest BCUT2D eigenvalue weighted by Crippen LogP contribution is -2.27. The van der Waals surface area contributed by atoms with E-state index < -0.39 is 6.04 Å². The van der Waals surface area contributed by atoms with Crippen molar-refractivity contribution in [3.05, 3.63) is 23.3 Å². The predicted octanol–water partition coefficient (Wildman–Crippen LogP) is 1.16. The van der Waals surface area contributed by atoms with Gasteiger partial charge in [0.1, 0.15) is 11.5 Å². The van der Waals surface area contributed by atoms with Crippen LogP contribution >= 0.6 is 0 Å². The molecule has 0 spiro atoms. The third-order valence-electron chi connectivity index (χ3n) is 2.71. The largest absolute Gasteiger partial charge is 0.496 e. The number of methoxy groups -OCH3 is 1. The van der Waals surface area contributed by atoms with Crippen LogP contribution in [-0.2, 0) is 6.42 Å². The van der Waals surface area contributed by atoms with E-state index in [-0.39, 0.29) is 5.78 Å². The molecule has 0 saturated heterocycles. The summed E-state index contributed by atoms with van der Waals surface area (Å²) in [5.41, 5.74) is 7.11. The molecule has 16 heavy (non-hydrogen) atoms. The summed E-state index contributed by atoms with van der Waals surface area (Å²) in [6.07, 6.45) is 0.776. The van der Waals surface area contributed by atoms with Gasteiger partial charge in [0.05, 0.1) is 25.3 Å². The number of fused-ring (bicyclic) bond motifs is 1. The molecular formula is C12H15NO3. The Kier molecular flexibility index (Phi) is 2.83. The number of carbonyl (C=O) groups is 1. The Morgan fingerprint density at radius 1 is 1.56 bits per heavy atom. The SMILES string of the molecule is COc1c(C(=O)C(C)N)ccc2c1CCO2. The summed E-state index contributed by atoms with van der Waals surface area (Å²) in [7, 11) is 1.56. The van der Waals surface area contributed by atoms with Gasteiger partial charge in [0.25, 0.3) is 0 Å². The van der Waals surface area contributed by atoms with E-state index in [9.17, 15) is 4.79 Å². The van der Waals surface area contributed by atoms with Crippen LogP contribution in [0.2, 0.25) is 0 Å². The Bertz CT molecular complexity index is 427. The second-order valence-corrected chi connectivity index (χ2v) is 3.87. The minimum absolute atomic E-state index is 0.105. The van der Waals surface area contributed by atoms with Crippen molar-refractivity contribution in [1.82, 2.24) is 0 Å². The van der Waals surface area contributed by atoms with E-state index in [1.54, 1.807) is 26.2 Å². The normalized spacial score (nSPS) is 15.2. The van der Waals surface area contributed by atoms with Gasteiger partial charge >= 0.3 is 0 Å². The zero-order chi connectivity index (χ0) is 11.7. The first-order valence-electron chi connectivity index (χ1n) is 5.27. The molecule has 0 fully saturated rings. The third kappa shape index (κ3) is 1.65. The summed E-state index contributed by atoms with van der Waals surface area (Å²) >= 11 is 0. The molecule has 0 aliphatic carbocycles. The Labute approximate surface area is 94.3 Å². The molecular weight excluding hydrogens is 206 g/mol. The Balaban J connectivity index is 2.51. The van der Waals surface area contributed by atoms with Crippen molar-refractivity contribution >= 4 is 5.78 Å². The summed E-state index contributed by atoms with van der Waals surface area (Å²) in [6.45, 7) is 2.31. The van der Waals surface area contributed by atoms with Gasteiger partial charge < -0.3 is 15.2 Å². The van der Waals surface area contributed by atoms with Crippen molar-refractivity contribution in [2.24, 2.45) is 5.73 Å². The molecule has 86 valence electrons. The number of hydrogen-bond donors (Lipinski definition) is 1. The molecule has 0 radical (unpaired) electrons. The first-order valence-corrected chi connectivity index (χ1v) is 5.27. The van der Waals surface area contributed by atoms with E-state index in [0.29, 0.717) is 17.9 Å². The van der Waals surface area contributed by atoms with E-state index >= 15 is 0 Å². The Morgan fingerprint density at radius 2 is 2.31 bits per heavy atom. The molecule has 1 atom stereocenters. The first-order chi connectivity index (χ1) is 7.65. The fourth-order valence-corrected chi connectivity index (χ4v) is 1.92. The third-order valence-corrected chi connectivity index (χ3v) is 2.71. The molecule has 0 amide bonds. The molecule has 1 aromatic carbocycles. The average molecular weight is 221 g/mol. The summed E-state index contributed by atoms with van der Waals surface area (Å²) in [5.74, 6) is 1.31. The van der Waals surface area contributed by atoms with Crippen molar-refractivity contribution in [3.8, 4) is 11.5 Å². The first kappa shape index (κ1) is 11.0. The van der Waals surface area contributed by atoms with Crippen molar-refractivity contribution in [1.29, 1.82) is 0 Å². The van der Waals surface area contributed by atoms with E-state index in [0.717, 1.165) is 17.7 Å². The van der Waals surface area contributed by atoms with Crippen LogP contribution in [0.15, 0.2) is 12.1 Å². The highest BCUT2D eigenvalue weighted by Crippen LogP contribution is 2.36. The van der Waals surface area contributed by atoms with Crippen LogP contribution in [0.3, 0.4) is 0 Å². The van der Waals surface area contributed by atoms with Crippen LogP contribution in [-0.4, -0.2) is 25.5 Å². The fraction of sp³-hybridized carbons (Fsp3) is 0.417. The highest BCUT2D eigenvalue weighted by molar-refractivity contribution is 6.02. The number of carbonyl (C=O) groups excluding carboxylic acids is 1. The Hall–Kier alpha value is -1.55. The van der Waals surface area contributed by atoms with Gasteiger partial charge in [-0.05, 0) is 19.1 Å². The van der Waals surface area contributed by atoms with Crippen LogP contribution in [0, 0.1) is 0 Å². The highest BCUT2D eigenvalue weighted by Gasteiger charge is 2.24. The summed E-state index contributed by atoms with van der Waals surface area (Å²) < 4.78 is 10.7. The molecule has 1 aromatic rings. The quantitative estimate of drug-likeness (QED) is 0.778. The molecule has 2 rings (SSSR count). The van der Waals surface area contributed by atoms with Crippen molar-refractivity contribution < 1.29 is 14.3 Å². The maximum Gasteiger partial charge on any atom is 0.182 e. The van der Waals surface area contributed by atoms with Gasteiger partial charge in [-0.25, -0.2) is 0 Å². The van der Waals surface area contributed by atoms with Gasteiger partial charge in [0.2, 0.25) is 0 Å². The van der Waals surface area contributed by atoms with Crippen LogP contribution in [0.25, 0.3) is 0 Å². The van der Waals surface area contributed by atoms with E-state index in [1.807, 2.05) is 0 Å². The molecule has 0 bridgehead atoms. The molecule has 0 saturated carbocycles. The van der Waals surface area contributed by atoms with E-state index in [1.165, 1.54) is 0 Å². The highest BCUT2D eigenvalue weighted by atomic mass is 16.5. The van der Waals surface area contributed by atoms with Crippen LogP contribution in [0.1, 0.15) is 22.8 Å². The molecule has 4 nitrogen and oxygen atoms in total. The Morgan fingerprint density at radius 3 is 2.94 bits per heavy atom. The number of rotatable bonds is 3. The minimum atomic E-state index is -0.519. The molecule has 4 heteroatoms. The summed E-state index contributed by atoms with van der Waals surface area (Å²) in [4.78, 5) is 11.9. The van der Waals surface area contributed by atoms with Crippen LogP contribution in [0.5, 0.6) is 11.5 Å². The predicted molar refractivity (Wildman–Crippen MR) is 60.2 cm³/mol. The van der Waals surface area contributed by atoms with E-state index in [4.69, 9.17) is 15.2 Å². The standard InChI is InChI=1S/C12H15NO3/c1-7(13)11(14)9-3-4-10-8(5-6-16-10)12(9)15-2/h3-4,7H,5-6,13H2,1-2H3. The van der Waals surface area contributed by atoms with E-state index in [2.05, 4.69) is 0 Å². The van der Waals surface area contributed by atoms with Crippen molar-refractivity contribution in [2.45, 2.75) is 19.4 Å². The molecule has 2 N–H and O–H groups in total. The maximum atomic E-state index is 11.9. The summed E-state index contributed by atoms with van der Waals surface area (Å²) in [5, 5.41) is 0. The van der Waals surface area contributed by atoms with Gasteiger partial charge in [0.15, 0.2) is 5.78 Å². The average Bonchev–Trinajstić information content (AvgIpc) is 2.74. The number of ketones is 1. The topological polar surface area (TPSA) is 61.5 Å². The molecule has 1 heterocycles. The molecule has 1 aliphatic heterocycles. The molecule has 0 aromatic heterocycles. The number of Topliss-reactive ketones (excluding diaryl/α,β-unsaturated/α-hetero) is 1. The second-order valence-electron chi connectivity index (χ2n) is 3.87. The smallest absolute Gasteiger partial charge is 0.182 e. The number of ether oxygens (including phenoxy) is 2. The van der Waals surface area contributed by atoms with Crippen molar-refractivity contribution in [2.75, 3.05) is 13.7 Å². The fourth-order valence-electron chi connectivity index (χ4n) is 1.92. The summed E-state index contributed by atoms with van der Waals surface area (Å²) in [6, 6.07) is 3.00. The number of nitrogens with two attached hydrogens (primary N) is 1. The maximum absolute atomic E-state index is 11.9. The van der Waals surface area contributed by atoms with Crippen LogP contribution < -0.4 is 15.2 Å². The zero-order valence-corrected chi connectivity index (χ0v) is 9.45. The number of benzene rings is 1. The second kappa shape index (κ2) is 4.14. The molecule has 1 aliphatic rings. The zero-order valence-electron chi connectivity index (χ0n) is 9.45. The molecule has 1 unspecified atom stereocenters. The van der Waals surface area contributed by atoms with Crippen molar-refractivity contribution in [3.63, 3.8) is 0 Å². The number of hydrogen-bond acceptors (Lipinski definition) is 4. The van der Waals surface area contributed by atoms with Gasteiger partial charge in [-0.2, -0.15) is 0 Å². The van der Waals surface area contributed by atoms with Gasteiger partial charge in [-0.3, -0.25) is 4.79 Å². The van der Waals surface area contributed by atoms with Crippen LogP contribution in [0.4, 0.5) is 0 Å². The van der Waals surface area contributed by atoms with Gasteiger partial charge in [-0.1, -0.05) is 0 Å². The lowest BCUT2D eigenvalue weighted by molar-refractivity contribution is 0.0965. The lowest BCUT2D eigenvalue weighted by atomic mass is 10.0. The van der Waals surface area contributed by atoms with Gasteiger partial charge in [-0.15, -0.1) is 0 Å².